The number of nitrogens with one attached hydrogen (secondary N) is 2. The van der Waals surface area contributed by atoms with E-state index in [0.717, 1.165) is 12.5 Å². The van der Waals surface area contributed by atoms with Crippen LogP contribution < -0.4 is 10.6 Å². The number of nitrogens with zero attached hydrogens (tertiary/aromatic N) is 3. The molecule has 0 unspecified atom stereocenters. The third-order valence-electron chi connectivity index (χ3n) is 4.25. The molecule has 2 amide bonds. The van der Waals surface area contributed by atoms with Crippen LogP contribution in [0.2, 0.25) is 0 Å². The first-order chi connectivity index (χ1) is 13.6. The van der Waals surface area contributed by atoms with Crippen molar-refractivity contribution in [1.29, 1.82) is 0 Å². The van der Waals surface area contributed by atoms with Gasteiger partial charge in [0.25, 0.3) is 5.91 Å². The average molecular weight is 391 g/mol. The van der Waals surface area contributed by atoms with Gasteiger partial charge in [-0.1, -0.05) is 12.1 Å². The van der Waals surface area contributed by atoms with E-state index in [2.05, 4.69) is 20.5 Å². The zero-order chi connectivity index (χ0) is 20.4. The summed E-state index contributed by atoms with van der Waals surface area (Å²) in [7, 11) is 0. The second-order valence-electron chi connectivity index (χ2n) is 6.18. The van der Waals surface area contributed by atoms with Crippen molar-refractivity contribution in [3.63, 3.8) is 0 Å². The van der Waals surface area contributed by atoms with Crippen LogP contribution in [0.1, 0.15) is 24.2 Å². The van der Waals surface area contributed by atoms with Gasteiger partial charge in [0.15, 0.2) is 5.96 Å². The number of rotatable bonds is 6. The molecule has 1 aromatic carbocycles. The molecule has 0 spiro atoms. The minimum absolute atomic E-state index is 0.0451. The Morgan fingerprint density at radius 3 is 2.43 bits per heavy atom. The number of hydrogen-bond acceptors (Lipinski definition) is 5. The largest absolute Gasteiger partial charge is 0.507 e. The van der Waals surface area contributed by atoms with Crippen LogP contribution in [0.15, 0.2) is 29.3 Å². The van der Waals surface area contributed by atoms with Crippen molar-refractivity contribution in [2.45, 2.75) is 13.8 Å². The number of piperazine rings is 1. The highest BCUT2D eigenvalue weighted by Gasteiger charge is 2.23. The van der Waals surface area contributed by atoms with Crippen molar-refractivity contribution >= 4 is 18.0 Å². The van der Waals surface area contributed by atoms with Gasteiger partial charge in [0, 0.05) is 39.3 Å². The van der Waals surface area contributed by atoms with E-state index in [0.29, 0.717) is 45.9 Å². The molecule has 1 aromatic rings. The molecule has 2 rings (SSSR count). The zero-order valence-electron chi connectivity index (χ0n) is 16.5. The van der Waals surface area contributed by atoms with Crippen LogP contribution in [-0.2, 0) is 4.74 Å². The van der Waals surface area contributed by atoms with Crippen molar-refractivity contribution in [1.82, 2.24) is 20.4 Å². The molecular formula is C19H29N5O4. The summed E-state index contributed by atoms with van der Waals surface area (Å²) in [5.41, 5.74) is 0.244. The molecule has 0 bridgehead atoms. The van der Waals surface area contributed by atoms with Gasteiger partial charge in [-0.3, -0.25) is 9.79 Å². The predicted octanol–water partition coefficient (Wildman–Crippen LogP) is 0.862. The van der Waals surface area contributed by atoms with E-state index >= 15 is 0 Å². The number of hydrogen-bond donors (Lipinski definition) is 3. The van der Waals surface area contributed by atoms with E-state index in [9.17, 15) is 14.7 Å². The van der Waals surface area contributed by atoms with Gasteiger partial charge in [-0.15, -0.1) is 0 Å². The summed E-state index contributed by atoms with van der Waals surface area (Å²) < 4.78 is 5.04. The summed E-state index contributed by atoms with van der Waals surface area (Å²) in [6.07, 6.45) is -0.282. The Bertz CT molecular complexity index is 687. The topological polar surface area (TPSA) is 106 Å². The van der Waals surface area contributed by atoms with Gasteiger partial charge in [-0.25, -0.2) is 4.79 Å². The Balaban J connectivity index is 1.83. The maximum absolute atomic E-state index is 12.1. The summed E-state index contributed by atoms with van der Waals surface area (Å²) in [6.45, 7) is 8.11. The first-order valence-electron chi connectivity index (χ1n) is 9.58. The molecule has 0 aliphatic carbocycles. The molecule has 154 valence electrons. The SMILES string of the molecule is CCNC(=NCCNC(=O)c1ccccc1O)N1CCN(C(=O)OCC)CC1. The van der Waals surface area contributed by atoms with Gasteiger partial charge in [0.05, 0.1) is 18.7 Å². The maximum atomic E-state index is 12.1. The van der Waals surface area contributed by atoms with E-state index in [1.807, 2.05) is 6.92 Å². The fraction of sp³-hybridized carbons (Fsp3) is 0.526. The lowest BCUT2D eigenvalue weighted by atomic mass is 10.2. The molecular weight excluding hydrogens is 362 g/mol. The summed E-state index contributed by atoms with van der Waals surface area (Å²) in [5, 5.41) is 15.7. The van der Waals surface area contributed by atoms with E-state index in [1.54, 1.807) is 30.0 Å². The van der Waals surface area contributed by atoms with Gasteiger partial charge in [-0.2, -0.15) is 0 Å². The molecule has 1 aliphatic rings. The lowest BCUT2D eigenvalue weighted by Gasteiger charge is -2.35. The van der Waals surface area contributed by atoms with Crippen LogP contribution in [-0.4, -0.2) is 85.3 Å². The van der Waals surface area contributed by atoms with Crippen molar-refractivity contribution in [2.75, 3.05) is 52.4 Å². The van der Waals surface area contributed by atoms with E-state index in [1.165, 1.54) is 6.07 Å². The smallest absolute Gasteiger partial charge is 0.409 e. The van der Waals surface area contributed by atoms with Crippen LogP contribution in [0.4, 0.5) is 4.79 Å². The quantitative estimate of drug-likeness (QED) is 0.377. The standard InChI is InChI=1S/C19H29N5O4/c1-3-20-18(23-11-13-24(14-12-23)19(27)28-4-2)22-10-9-21-17(26)15-7-5-6-8-16(15)25/h5-8,25H,3-4,9-14H2,1-2H3,(H,20,22)(H,21,26). The molecule has 0 atom stereocenters. The Morgan fingerprint density at radius 2 is 1.79 bits per heavy atom. The summed E-state index contributed by atoms with van der Waals surface area (Å²) in [5.74, 6) is 0.375. The number of phenolic OH excluding ortho intramolecular Hbond substituents is 1. The number of para-hydroxylation sites is 1. The number of ether oxygens (including phenoxy) is 1. The van der Waals surface area contributed by atoms with Gasteiger partial charge in [0.1, 0.15) is 5.75 Å². The maximum Gasteiger partial charge on any atom is 0.409 e. The Labute approximate surface area is 165 Å². The number of aliphatic imine (C=N–C) groups is 1. The molecule has 28 heavy (non-hydrogen) atoms. The monoisotopic (exact) mass is 391 g/mol. The molecule has 1 aliphatic heterocycles. The first kappa shape index (κ1) is 21.3. The highest BCUT2D eigenvalue weighted by Crippen LogP contribution is 2.14. The minimum atomic E-state index is -0.332. The normalized spacial score (nSPS) is 14.6. The van der Waals surface area contributed by atoms with Gasteiger partial charge in [0.2, 0.25) is 0 Å². The van der Waals surface area contributed by atoms with Crippen molar-refractivity contribution in [3.05, 3.63) is 29.8 Å². The van der Waals surface area contributed by atoms with Crippen molar-refractivity contribution < 1.29 is 19.4 Å². The van der Waals surface area contributed by atoms with Crippen molar-refractivity contribution in [3.8, 4) is 5.75 Å². The molecule has 1 heterocycles. The molecule has 3 N–H and O–H groups in total. The number of benzene rings is 1. The molecule has 0 saturated carbocycles. The molecule has 9 nitrogen and oxygen atoms in total. The summed E-state index contributed by atoms with van der Waals surface area (Å²) >= 11 is 0. The fourth-order valence-corrected chi connectivity index (χ4v) is 2.83. The highest BCUT2D eigenvalue weighted by atomic mass is 16.6. The predicted molar refractivity (Wildman–Crippen MR) is 107 cm³/mol. The average Bonchev–Trinajstić information content (AvgIpc) is 2.71. The lowest BCUT2D eigenvalue weighted by molar-refractivity contribution is 0.0914. The van der Waals surface area contributed by atoms with E-state index in [4.69, 9.17) is 4.74 Å². The number of amides is 2. The van der Waals surface area contributed by atoms with E-state index in [-0.39, 0.29) is 23.3 Å². The second kappa shape index (κ2) is 11.0. The molecule has 0 aromatic heterocycles. The molecule has 1 saturated heterocycles. The summed E-state index contributed by atoms with van der Waals surface area (Å²) in [6, 6.07) is 6.42. The fourth-order valence-electron chi connectivity index (χ4n) is 2.83. The summed E-state index contributed by atoms with van der Waals surface area (Å²) in [4.78, 5) is 32.2. The third-order valence-corrected chi connectivity index (χ3v) is 4.25. The minimum Gasteiger partial charge on any atom is -0.507 e. The Morgan fingerprint density at radius 1 is 1.11 bits per heavy atom. The number of guanidine groups is 1. The van der Waals surface area contributed by atoms with Crippen LogP contribution in [0.5, 0.6) is 5.75 Å². The van der Waals surface area contributed by atoms with Crippen LogP contribution >= 0.6 is 0 Å². The number of carbonyl (C=O) groups is 2. The molecule has 9 heteroatoms. The number of phenols is 1. The van der Waals surface area contributed by atoms with Crippen LogP contribution in [0.3, 0.4) is 0 Å². The van der Waals surface area contributed by atoms with Crippen LogP contribution in [0.25, 0.3) is 0 Å². The lowest BCUT2D eigenvalue weighted by Crippen LogP contribution is -2.54. The molecule has 1 fully saturated rings. The van der Waals surface area contributed by atoms with E-state index < -0.39 is 0 Å². The Kier molecular flexibility index (Phi) is 8.38. The third kappa shape index (κ3) is 6.04. The van der Waals surface area contributed by atoms with Gasteiger partial charge in [-0.05, 0) is 26.0 Å². The highest BCUT2D eigenvalue weighted by molar-refractivity contribution is 5.96. The van der Waals surface area contributed by atoms with Gasteiger partial charge < -0.3 is 30.3 Å². The number of aromatic hydroxyl groups is 1. The van der Waals surface area contributed by atoms with Gasteiger partial charge >= 0.3 is 6.09 Å². The zero-order valence-corrected chi connectivity index (χ0v) is 16.5. The number of carbonyl (C=O) groups excluding carboxylic acids is 2. The van der Waals surface area contributed by atoms with Crippen LogP contribution in [0, 0.1) is 0 Å². The first-order valence-corrected chi connectivity index (χ1v) is 9.58. The second-order valence-corrected chi connectivity index (χ2v) is 6.18. The molecule has 0 radical (unpaired) electrons. The Hall–Kier alpha value is -2.97. The van der Waals surface area contributed by atoms with Crippen molar-refractivity contribution in [2.24, 2.45) is 4.99 Å².